The molecular formula is C36H69O12P. The second kappa shape index (κ2) is 28.6. The molecule has 1 fully saturated rings. The quantitative estimate of drug-likeness (QED) is 0.0211. The molecule has 0 bridgehead atoms. The molecule has 1 saturated carbocycles. The van der Waals surface area contributed by atoms with Crippen molar-refractivity contribution in [1.82, 2.24) is 0 Å². The Bertz CT molecular complexity index is 874. The third-order valence-electron chi connectivity index (χ3n) is 8.89. The van der Waals surface area contributed by atoms with Crippen LogP contribution in [0.15, 0.2) is 12.2 Å². The van der Waals surface area contributed by atoms with Crippen LogP contribution in [0.5, 0.6) is 0 Å². The van der Waals surface area contributed by atoms with Gasteiger partial charge in [-0.3, -0.25) is 13.8 Å². The molecule has 6 atom stereocenters. The van der Waals surface area contributed by atoms with E-state index in [0.717, 1.165) is 57.8 Å². The average molecular weight is 725 g/mol. The molecule has 13 heteroatoms. The summed E-state index contributed by atoms with van der Waals surface area (Å²) >= 11 is 0. The number of carbonyl (C=O) groups is 1. The first-order valence-corrected chi connectivity index (χ1v) is 20.5. The predicted octanol–water partition coefficient (Wildman–Crippen LogP) is 6.02. The van der Waals surface area contributed by atoms with Crippen molar-refractivity contribution in [2.24, 2.45) is 0 Å². The van der Waals surface area contributed by atoms with Gasteiger partial charge < -0.3 is 39.9 Å². The highest BCUT2D eigenvalue weighted by Crippen LogP contribution is 2.47. The molecule has 0 heterocycles. The molecular weight excluding hydrogens is 655 g/mol. The van der Waals surface area contributed by atoms with Gasteiger partial charge in [0.1, 0.15) is 42.7 Å². The molecule has 0 aliphatic heterocycles. The molecule has 0 radical (unpaired) electrons. The van der Waals surface area contributed by atoms with Crippen molar-refractivity contribution in [1.29, 1.82) is 0 Å². The van der Waals surface area contributed by atoms with Crippen LogP contribution in [0.4, 0.5) is 0 Å². The number of aliphatic hydroxyl groups is 5. The molecule has 0 spiro atoms. The zero-order valence-electron chi connectivity index (χ0n) is 30.2. The Kier molecular flexibility index (Phi) is 26.9. The van der Waals surface area contributed by atoms with E-state index in [1.54, 1.807) is 0 Å². The minimum Gasteiger partial charge on any atom is -0.457 e. The minimum atomic E-state index is -5.00. The zero-order chi connectivity index (χ0) is 36.3. The van der Waals surface area contributed by atoms with Crippen LogP contribution in [0, 0.1) is 0 Å². The molecule has 290 valence electrons. The van der Waals surface area contributed by atoms with Crippen molar-refractivity contribution in [3.05, 3.63) is 12.2 Å². The first-order valence-electron chi connectivity index (χ1n) is 19.0. The lowest BCUT2D eigenvalue weighted by Crippen LogP contribution is -2.64. The first kappa shape index (κ1) is 46.1. The fraction of sp³-hybridized carbons (Fsp3) is 0.917. The fourth-order valence-corrected chi connectivity index (χ4v) is 6.72. The SMILES string of the molecule is CCCC/C=C\CCCCCCCCOCC(COP(=O)(O)OC1C(O)C(O)C(O)C(O)C1O)OC(=O)CCCCCCCCCCCC. The van der Waals surface area contributed by atoms with Crippen LogP contribution in [0.2, 0.25) is 0 Å². The van der Waals surface area contributed by atoms with Crippen molar-refractivity contribution < 1.29 is 58.3 Å². The monoisotopic (exact) mass is 724 g/mol. The second-order valence-electron chi connectivity index (χ2n) is 13.4. The molecule has 6 unspecified atom stereocenters. The maximum atomic E-state index is 12.7. The van der Waals surface area contributed by atoms with E-state index in [1.807, 2.05) is 0 Å². The van der Waals surface area contributed by atoms with Crippen molar-refractivity contribution in [3.63, 3.8) is 0 Å². The van der Waals surface area contributed by atoms with Crippen LogP contribution < -0.4 is 0 Å². The van der Waals surface area contributed by atoms with Gasteiger partial charge in [0, 0.05) is 13.0 Å². The molecule has 12 nitrogen and oxygen atoms in total. The molecule has 0 saturated heterocycles. The number of ether oxygens (including phenoxy) is 2. The summed E-state index contributed by atoms with van der Waals surface area (Å²) in [6.07, 6.45) is 14.4. The number of unbranched alkanes of at least 4 members (excludes halogenated alkanes) is 17. The maximum Gasteiger partial charge on any atom is 0.472 e. The molecule has 0 amide bonds. The second-order valence-corrected chi connectivity index (χ2v) is 14.8. The number of esters is 1. The van der Waals surface area contributed by atoms with E-state index in [2.05, 4.69) is 26.0 Å². The third-order valence-corrected chi connectivity index (χ3v) is 9.87. The predicted molar refractivity (Wildman–Crippen MR) is 189 cm³/mol. The summed E-state index contributed by atoms with van der Waals surface area (Å²) in [7, 11) is -5.00. The lowest BCUT2D eigenvalue weighted by molar-refractivity contribution is -0.220. The van der Waals surface area contributed by atoms with Gasteiger partial charge in [-0.1, -0.05) is 122 Å². The van der Waals surface area contributed by atoms with Crippen molar-refractivity contribution in [3.8, 4) is 0 Å². The summed E-state index contributed by atoms with van der Waals surface area (Å²) in [6, 6.07) is 0. The number of phosphoric acid groups is 1. The molecule has 1 aliphatic carbocycles. The topological polar surface area (TPSA) is 192 Å². The van der Waals surface area contributed by atoms with Crippen LogP contribution in [0.1, 0.15) is 149 Å². The van der Waals surface area contributed by atoms with Crippen molar-refractivity contribution in [2.75, 3.05) is 19.8 Å². The number of carbonyl (C=O) groups excluding carboxylic acids is 1. The van der Waals surface area contributed by atoms with Gasteiger partial charge in [0.05, 0.1) is 13.2 Å². The summed E-state index contributed by atoms with van der Waals surface area (Å²) in [4.78, 5) is 22.9. The van der Waals surface area contributed by atoms with Gasteiger partial charge in [0.2, 0.25) is 0 Å². The van der Waals surface area contributed by atoms with Gasteiger partial charge in [0.25, 0.3) is 0 Å². The molecule has 0 aromatic rings. The Morgan fingerprint density at radius 3 is 1.67 bits per heavy atom. The van der Waals surface area contributed by atoms with E-state index in [1.165, 1.54) is 64.2 Å². The van der Waals surface area contributed by atoms with E-state index in [-0.39, 0.29) is 13.0 Å². The Hall–Kier alpha value is -0.920. The molecule has 1 rings (SSSR count). The average Bonchev–Trinajstić information content (AvgIpc) is 3.08. The lowest BCUT2D eigenvalue weighted by atomic mass is 9.85. The van der Waals surface area contributed by atoms with E-state index in [9.17, 15) is 39.8 Å². The van der Waals surface area contributed by atoms with Crippen LogP contribution in [-0.2, 0) is 27.9 Å². The number of hydrogen-bond acceptors (Lipinski definition) is 11. The number of aliphatic hydroxyl groups excluding tert-OH is 5. The number of hydrogen-bond donors (Lipinski definition) is 6. The van der Waals surface area contributed by atoms with Gasteiger partial charge in [-0.05, 0) is 32.1 Å². The Morgan fingerprint density at radius 2 is 1.10 bits per heavy atom. The first-order chi connectivity index (χ1) is 23.5. The largest absolute Gasteiger partial charge is 0.472 e. The normalized spacial score (nSPS) is 24.7. The standard InChI is InChI=1S/C36H69O12P/c1-3-5-7-9-11-13-15-16-18-20-22-24-26-45-27-29(47-30(37)25-23-21-19-17-14-12-10-8-6-4-2)28-46-49(43,44)48-36-34(41)32(39)31(38)33(40)35(36)42/h9,11,29,31-36,38-42H,3-8,10,12-28H2,1-2H3,(H,43,44)/b11-9-. The molecule has 0 aromatic heterocycles. The molecule has 0 aromatic carbocycles. The van der Waals surface area contributed by atoms with E-state index in [4.69, 9.17) is 18.5 Å². The lowest BCUT2D eigenvalue weighted by Gasteiger charge is -2.41. The Labute approximate surface area is 295 Å². The Balaban J connectivity index is 2.49. The smallest absolute Gasteiger partial charge is 0.457 e. The summed E-state index contributed by atoms with van der Waals surface area (Å²) in [5.74, 6) is -0.482. The summed E-state index contributed by atoms with van der Waals surface area (Å²) in [5, 5.41) is 49.9. The highest BCUT2D eigenvalue weighted by molar-refractivity contribution is 7.47. The van der Waals surface area contributed by atoms with Crippen molar-refractivity contribution in [2.45, 2.75) is 191 Å². The fourth-order valence-electron chi connectivity index (χ4n) is 5.75. The number of allylic oxidation sites excluding steroid dienone is 2. The van der Waals surface area contributed by atoms with Gasteiger partial charge in [-0.2, -0.15) is 0 Å². The van der Waals surface area contributed by atoms with Gasteiger partial charge >= 0.3 is 13.8 Å². The molecule has 1 aliphatic rings. The van der Waals surface area contributed by atoms with Gasteiger partial charge in [-0.25, -0.2) is 4.57 Å². The van der Waals surface area contributed by atoms with E-state index in [0.29, 0.717) is 13.0 Å². The van der Waals surface area contributed by atoms with Crippen LogP contribution >= 0.6 is 7.82 Å². The molecule has 6 N–H and O–H groups in total. The third kappa shape index (κ3) is 21.9. The Morgan fingerprint density at radius 1 is 0.633 bits per heavy atom. The molecule has 49 heavy (non-hydrogen) atoms. The number of rotatable bonds is 31. The summed E-state index contributed by atoms with van der Waals surface area (Å²) < 4.78 is 33.9. The zero-order valence-corrected chi connectivity index (χ0v) is 31.1. The van der Waals surface area contributed by atoms with E-state index < -0.39 is 63.1 Å². The number of phosphoric ester groups is 1. The summed E-state index contributed by atoms with van der Waals surface area (Å²) in [6.45, 7) is 4.17. The van der Waals surface area contributed by atoms with Crippen molar-refractivity contribution >= 4 is 13.8 Å². The van der Waals surface area contributed by atoms with E-state index >= 15 is 0 Å². The van der Waals surface area contributed by atoms with Crippen LogP contribution in [0.3, 0.4) is 0 Å². The maximum absolute atomic E-state index is 12.7. The highest BCUT2D eigenvalue weighted by Gasteiger charge is 2.51. The van der Waals surface area contributed by atoms with Crippen LogP contribution in [0.25, 0.3) is 0 Å². The van der Waals surface area contributed by atoms with Gasteiger partial charge in [0.15, 0.2) is 0 Å². The summed E-state index contributed by atoms with van der Waals surface area (Å²) in [5.41, 5.74) is 0. The highest BCUT2D eigenvalue weighted by atomic mass is 31.2. The minimum absolute atomic E-state index is 0.0769. The van der Waals surface area contributed by atoms with Crippen LogP contribution in [-0.4, -0.2) is 98.9 Å². The van der Waals surface area contributed by atoms with Gasteiger partial charge in [-0.15, -0.1) is 0 Å².